The standard InChI is InChI=1S/C12H24N2O2/c1-5-14-8-6-7-10(14)9-13-11(15)16-12(2,3)4/h10H,5-9H2,1-4H3,(H,13,15). The summed E-state index contributed by atoms with van der Waals surface area (Å²) in [6, 6.07) is 0.484. The number of nitrogens with zero attached hydrogens (tertiary/aromatic N) is 1. The summed E-state index contributed by atoms with van der Waals surface area (Å²) in [5, 5.41) is 2.84. The number of likely N-dealkylation sites (tertiary alicyclic amines) is 1. The number of carbonyl (C=O) groups is 1. The first kappa shape index (κ1) is 13.3. The lowest BCUT2D eigenvalue weighted by Crippen LogP contribution is -2.41. The van der Waals surface area contributed by atoms with Gasteiger partial charge in [0.05, 0.1) is 0 Å². The van der Waals surface area contributed by atoms with E-state index in [9.17, 15) is 4.79 Å². The zero-order chi connectivity index (χ0) is 12.2. The number of likely N-dealkylation sites (N-methyl/N-ethyl adjacent to an activating group) is 1. The average Bonchev–Trinajstić information content (AvgIpc) is 2.59. The van der Waals surface area contributed by atoms with Gasteiger partial charge in [-0.15, -0.1) is 0 Å². The van der Waals surface area contributed by atoms with Crippen LogP contribution in [0.25, 0.3) is 0 Å². The summed E-state index contributed by atoms with van der Waals surface area (Å²) in [4.78, 5) is 13.9. The minimum Gasteiger partial charge on any atom is -0.444 e. The Labute approximate surface area is 98.3 Å². The zero-order valence-electron chi connectivity index (χ0n) is 10.9. The van der Waals surface area contributed by atoms with E-state index in [-0.39, 0.29) is 6.09 Å². The molecular weight excluding hydrogens is 204 g/mol. The van der Waals surface area contributed by atoms with Gasteiger partial charge in [0.1, 0.15) is 5.60 Å². The Morgan fingerprint density at radius 3 is 2.75 bits per heavy atom. The average molecular weight is 228 g/mol. The van der Waals surface area contributed by atoms with Crippen LogP contribution in [0.15, 0.2) is 0 Å². The molecule has 0 spiro atoms. The summed E-state index contributed by atoms with van der Waals surface area (Å²) in [7, 11) is 0. The Kier molecular flexibility index (Phi) is 4.59. The third kappa shape index (κ3) is 4.39. The van der Waals surface area contributed by atoms with Crippen LogP contribution in [-0.4, -0.2) is 42.3 Å². The van der Waals surface area contributed by atoms with Crippen LogP contribution in [0.5, 0.6) is 0 Å². The van der Waals surface area contributed by atoms with E-state index in [2.05, 4.69) is 17.1 Å². The van der Waals surface area contributed by atoms with Crippen molar-refractivity contribution in [2.75, 3.05) is 19.6 Å². The van der Waals surface area contributed by atoms with E-state index in [0.717, 1.165) is 13.1 Å². The first-order valence-electron chi connectivity index (χ1n) is 6.13. The second kappa shape index (κ2) is 5.53. The van der Waals surface area contributed by atoms with Crippen molar-refractivity contribution in [1.29, 1.82) is 0 Å². The molecule has 0 aromatic rings. The van der Waals surface area contributed by atoms with E-state index >= 15 is 0 Å². The Bertz CT molecular complexity index is 236. The summed E-state index contributed by atoms with van der Waals surface area (Å²) >= 11 is 0. The highest BCUT2D eigenvalue weighted by molar-refractivity contribution is 5.67. The van der Waals surface area contributed by atoms with Crippen LogP contribution in [-0.2, 0) is 4.74 Å². The van der Waals surface area contributed by atoms with Crippen molar-refractivity contribution in [2.45, 2.75) is 52.2 Å². The van der Waals surface area contributed by atoms with Crippen LogP contribution in [0.3, 0.4) is 0 Å². The van der Waals surface area contributed by atoms with Crippen LogP contribution in [0, 0.1) is 0 Å². The van der Waals surface area contributed by atoms with E-state index < -0.39 is 5.60 Å². The SMILES string of the molecule is CCN1CCCC1CNC(=O)OC(C)(C)C. The van der Waals surface area contributed by atoms with E-state index in [0.29, 0.717) is 12.6 Å². The minimum absolute atomic E-state index is 0.310. The van der Waals surface area contributed by atoms with E-state index in [4.69, 9.17) is 4.74 Å². The highest BCUT2D eigenvalue weighted by Gasteiger charge is 2.24. The van der Waals surface area contributed by atoms with E-state index in [1.807, 2.05) is 20.8 Å². The highest BCUT2D eigenvalue weighted by Crippen LogP contribution is 2.15. The van der Waals surface area contributed by atoms with Gasteiger partial charge in [0, 0.05) is 12.6 Å². The summed E-state index contributed by atoms with van der Waals surface area (Å²) < 4.78 is 5.20. The summed E-state index contributed by atoms with van der Waals surface area (Å²) in [6.45, 7) is 10.7. The first-order valence-corrected chi connectivity index (χ1v) is 6.13. The molecule has 94 valence electrons. The second-order valence-corrected chi connectivity index (χ2v) is 5.31. The molecule has 0 aliphatic carbocycles. The maximum absolute atomic E-state index is 11.5. The van der Waals surface area contributed by atoms with Crippen molar-refractivity contribution in [3.63, 3.8) is 0 Å². The maximum Gasteiger partial charge on any atom is 0.407 e. The first-order chi connectivity index (χ1) is 7.42. The van der Waals surface area contributed by atoms with Crippen molar-refractivity contribution in [2.24, 2.45) is 0 Å². The van der Waals surface area contributed by atoms with Gasteiger partial charge < -0.3 is 10.1 Å². The summed E-state index contributed by atoms with van der Waals surface area (Å²) in [6.07, 6.45) is 2.09. The van der Waals surface area contributed by atoms with Gasteiger partial charge in [0.25, 0.3) is 0 Å². The van der Waals surface area contributed by atoms with Gasteiger partial charge in [-0.05, 0) is 46.7 Å². The highest BCUT2D eigenvalue weighted by atomic mass is 16.6. The molecule has 1 fully saturated rings. The molecule has 0 aromatic heterocycles. The lowest BCUT2D eigenvalue weighted by molar-refractivity contribution is 0.0514. The number of hydrogen-bond donors (Lipinski definition) is 1. The normalized spacial score (nSPS) is 22.1. The molecule has 1 amide bonds. The van der Waals surface area contributed by atoms with Gasteiger partial charge in [-0.3, -0.25) is 4.90 Å². The molecule has 1 N–H and O–H groups in total. The number of carbonyl (C=O) groups excluding carboxylic acids is 1. The maximum atomic E-state index is 11.5. The molecule has 0 saturated carbocycles. The quantitative estimate of drug-likeness (QED) is 0.803. The van der Waals surface area contributed by atoms with Crippen molar-refractivity contribution in [3.8, 4) is 0 Å². The van der Waals surface area contributed by atoms with Crippen LogP contribution < -0.4 is 5.32 Å². The minimum atomic E-state index is -0.412. The van der Waals surface area contributed by atoms with Crippen LogP contribution >= 0.6 is 0 Å². The molecule has 4 heteroatoms. The fraction of sp³-hybridized carbons (Fsp3) is 0.917. The summed E-state index contributed by atoms with van der Waals surface area (Å²) in [5.74, 6) is 0. The van der Waals surface area contributed by atoms with Crippen molar-refractivity contribution >= 4 is 6.09 Å². The fourth-order valence-corrected chi connectivity index (χ4v) is 2.06. The molecule has 1 atom stereocenters. The van der Waals surface area contributed by atoms with Gasteiger partial charge >= 0.3 is 6.09 Å². The fourth-order valence-electron chi connectivity index (χ4n) is 2.06. The lowest BCUT2D eigenvalue weighted by atomic mass is 10.2. The Hall–Kier alpha value is -0.770. The molecule has 1 aliphatic rings. The third-order valence-electron chi connectivity index (χ3n) is 2.79. The van der Waals surface area contributed by atoms with Gasteiger partial charge in [-0.1, -0.05) is 6.92 Å². The molecule has 1 aliphatic heterocycles. The van der Waals surface area contributed by atoms with E-state index in [1.165, 1.54) is 12.8 Å². The molecule has 0 bridgehead atoms. The largest absolute Gasteiger partial charge is 0.444 e. The Balaban J connectivity index is 2.26. The summed E-state index contributed by atoms with van der Waals surface area (Å²) in [5.41, 5.74) is -0.412. The van der Waals surface area contributed by atoms with Crippen molar-refractivity contribution in [1.82, 2.24) is 10.2 Å². The molecule has 0 radical (unpaired) electrons. The van der Waals surface area contributed by atoms with Gasteiger partial charge in [0.15, 0.2) is 0 Å². The van der Waals surface area contributed by atoms with E-state index in [1.54, 1.807) is 0 Å². The zero-order valence-corrected chi connectivity index (χ0v) is 10.9. The van der Waals surface area contributed by atoms with Crippen molar-refractivity contribution in [3.05, 3.63) is 0 Å². The molecule has 1 unspecified atom stereocenters. The van der Waals surface area contributed by atoms with Gasteiger partial charge in [-0.25, -0.2) is 4.79 Å². The topological polar surface area (TPSA) is 41.6 Å². The number of amides is 1. The number of hydrogen-bond acceptors (Lipinski definition) is 3. The molecule has 1 rings (SSSR count). The number of ether oxygens (including phenoxy) is 1. The van der Waals surface area contributed by atoms with Crippen LogP contribution in [0.4, 0.5) is 4.79 Å². The molecule has 0 aromatic carbocycles. The van der Waals surface area contributed by atoms with Gasteiger partial charge in [-0.2, -0.15) is 0 Å². The van der Waals surface area contributed by atoms with Crippen LogP contribution in [0.2, 0.25) is 0 Å². The molecular formula is C12H24N2O2. The molecule has 1 saturated heterocycles. The predicted octanol–water partition coefficient (Wildman–Crippen LogP) is 2.00. The predicted molar refractivity (Wildman–Crippen MR) is 64.5 cm³/mol. The van der Waals surface area contributed by atoms with Gasteiger partial charge in [0.2, 0.25) is 0 Å². The number of nitrogens with one attached hydrogen (secondary N) is 1. The third-order valence-corrected chi connectivity index (χ3v) is 2.79. The van der Waals surface area contributed by atoms with Crippen molar-refractivity contribution < 1.29 is 9.53 Å². The smallest absolute Gasteiger partial charge is 0.407 e. The number of alkyl carbamates (subject to hydrolysis) is 1. The molecule has 4 nitrogen and oxygen atoms in total. The Morgan fingerprint density at radius 1 is 1.50 bits per heavy atom. The number of rotatable bonds is 3. The second-order valence-electron chi connectivity index (χ2n) is 5.31. The molecule has 1 heterocycles. The Morgan fingerprint density at radius 2 is 2.19 bits per heavy atom. The molecule has 16 heavy (non-hydrogen) atoms. The van der Waals surface area contributed by atoms with Crippen LogP contribution in [0.1, 0.15) is 40.5 Å². The lowest BCUT2D eigenvalue weighted by Gasteiger charge is -2.24. The monoisotopic (exact) mass is 228 g/mol.